The number of hydrogen-bond donors (Lipinski definition) is 3. The summed E-state index contributed by atoms with van der Waals surface area (Å²) in [5.74, 6) is 0.477. The van der Waals surface area contributed by atoms with Crippen LogP contribution in [0, 0.1) is 11.3 Å². The Labute approximate surface area is 117 Å². The molecule has 5 nitrogen and oxygen atoms in total. The highest BCUT2D eigenvalue weighted by molar-refractivity contribution is 5.86. The van der Waals surface area contributed by atoms with E-state index in [4.69, 9.17) is 0 Å². The number of hydrogen-bond acceptors (Lipinski definition) is 5. The van der Waals surface area contributed by atoms with Gasteiger partial charge < -0.3 is 15.5 Å². The molecule has 20 heavy (non-hydrogen) atoms. The van der Waals surface area contributed by atoms with Gasteiger partial charge in [0.05, 0.1) is 35.9 Å². The monoisotopic (exact) mass is 271 g/mol. The SMILES string of the molecule is CCC(CO)(CO)Nc1cc(C#N)c2ccccc2n1. The lowest BCUT2D eigenvalue weighted by Gasteiger charge is -2.30. The van der Waals surface area contributed by atoms with Crippen molar-refractivity contribution in [1.29, 1.82) is 5.26 Å². The molecule has 0 aliphatic heterocycles. The minimum Gasteiger partial charge on any atom is -0.394 e. The molecule has 0 spiro atoms. The Hall–Kier alpha value is -2.16. The highest BCUT2D eigenvalue weighted by atomic mass is 16.3. The number of anilines is 1. The van der Waals surface area contributed by atoms with Crippen LogP contribution in [0.1, 0.15) is 18.9 Å². The second kappa shape index (κ2) is 5.87. The van der Waals surface area contributed by atoms with Gasteiger partial charge in [-0.3, -0.25) is 0 Å². The Balaban J connectivity index is 2.48. The molecule has 1 aromatic carbocycles. The van der Waals surface area contributed by atoms with Gasteiger partial charge in [-0.2, -0.15) is 5.26 Å². The number of rotatable bonds is 5. The normalized spacial score (nSPS) is 11.3. The first kappa shape index (κ1) is 14.3. The number of nitrogens with zero attached hydrogens (tertiary/aromatic N) is 2. The highest BCUT2D eigenvalue weighted by Gasteiger charge is 2.27. The topological polar surface area (TPSA) is 89.2 Å². The van der Waals surface area contributed by atoms with Gasteiger partial charge in [-0.15, -0.1) is 0 Å². The maximum atomic E-state index is 9.46. The van der Waals surface area contributed by atoms with Crippen molar-refractivity contribution in [2.45, 2.75) is 18.9 Å². The smallest absolute Gasteiger partial charge is 0.128 e. The first-order chi connectivity index (χ1) is 9.68. The Morgan fingerprint density at radius 3 is 2.60 bits per heavy atom. The summed E-state index contributed by atoms with van der Waals surface area (Å²) in [7, 11) is 0. The summed E-state index contributed by atoms with van der Waals surface area (Å²) >= 11 is 0. The molecule has 5 heteroatoms. The molecule has 1 aromatic heterocycles. The van der Waals surface area contributed by atoms with Crippen LogP contribution in [-0.4, -0.2) is 33.9 Å². The number of nitriles is 1. The minimum absolute atomic E-state index is 0.212. The van der Waals surface area contributed by atoms with Crippen LogP contribution in [0.15, 0.2) is 30.3 Å². The summed E-state index contributed by atoms with van der Waals surface area (Å²) in [4.78, 5) is 4.43. The van der Waals surface area contributed by atoms with Crippen molar-refractivity contribution < 1.29 is 10.2 Å². The second-order valence-electron chi connectivity index (χ2n) is 4.76. The minimum atomic E-state index is -0.831. The molecule has 0 atom stereocenters. The van der Waals surface area contributed by atoms with Crippen LogP contribution in [0.2, 0.25) is 0 Å². The summed E-state index contributed by atoms with van der Waals surface area (Å²) < 4.78 is 0. The van der Waals surface area contributed by atoms with E-state index in [0.29, 0.717) is 23.3 Å². The van der Waals surface area contributed by atoms with Gasteiger partial charge in [-0.25, -0.2) is 4.98 Å². The van der Waals surface area contributed by atoms with Crippen molar-refractivity contribution in [3.8, 4) is 6.07 Å². The van der Waals surface area contributed by atoms with Gasteiger partial charge in [0, 0.05) is 5.39 Å². The fraction of sp³-hybridized carbons (Fsp3) is 0.333. The molecule has 0 radical (unpaired) electrons. The average Bonchev–Trinajstić information content (AvgIpc) is 2.52. The average molecular weight is 271 g/mol. The van der Waals surface area contributed by atoms with Crippen LogP contribution >= 0.6 is 0 Å². The van der Waals surface area contributed by atoms with E-state index in [0.717, 1.165) is 5.39 Å². The molecule has 2 aromatic rings. The summed E-state index contributed by atoms with van der Waals surface area (Å²) in [6, 6.07) is 11.2. The Kier molecular flexibility index (Phi) is 4.18. The predicted molar refractivity (Wildman–Crippen MR) is 77.3 cm³/mol. The fourth-order valence-electron chi connectivity index (χ4n) is 2.04. The molecule has 0 fully saturated rings. The van der Waals surface area contributed by atoms with Crippen LogP contribution in [0.25, 0.3) is 10.9 Å². The van der Waals surface area contributed by atoms with Crippen molar-refractivity contribution in [2.75, 3.05) is 18.5 Å². The third kappa shape index (κ3) is 2.57. The molecule has 2 rings (SSSR count). The molecule has 0 aliphatic rings. The number of fused-ring (bicyclic) bond motifs is 1. The number of aliphatic hydroxyl groups is 2. The zero-order chi connectivity index (χ0) is 14.6. The summed E-state index contributed by atoms with van der Waals surface area (Å²) in [5.41, 5.74) is 0.385. The molecule has 0 unspecified atom stereocenters. The number of aliphatic hydroxyl groups excluding tert-OH is 2. The van der Waals surface area contributed by atoms with Crippen LogP contribution in [0.3, 0.4) is 0 Å². The number of pyridine rings is 1. The lowest BCUT2D eigenvalue weighted by atomic mass is 9.98. The summed E-state index contributed by atoms with van der Waals surface area (Å²) in [6.07, 6.45) is 0.538. The van der Waals surface area contributed by atoms with Crippen molar-refractivity contribution >= 4 is 16.7 Å². The van der Waals surface area contributed by atoms with Gasteiger partial charge in [0.1, 0.15) is 5.82 Å². The maximum absolute atomic E-state index is 9.46. The molecule has 0 amide bonds. The highest BCUT2D eigenvalue weighted by Crippen LogP contribution is 2.23. The first-order valence-corrected chi connectivity index (χ1v) is 6.48. The van der Waals surface area contributed by atoms with E-state index in [1.807, 2.05) is 31.2 Å². The number of aromatic nitrogens is 1. The Morgan fingerprint density at radius 1 is 1.30 bits per heavy atom. The van der Waals surface area contributed by atoms with E-state index in [1.165, 1.54) is 0 Å². The first-order valence-electron chi connectivity index (χ1n) is 6.48. The molecular formula is C15H17N3O2. The quantitative estimate of drug-likeness (QED) is 0.769. The molecule has 0 saturated heterocycles. The van der Waals surface area contributed by atoms with Crippen molar-refractivity contribution in [2.24, 2.45) is 0 Å². The summed E-state index contributed by atoms with van der Waals surface area (Å²) in [6.45, 7) is 1.44. The van der Waals surface area contributed by atoms with E-state index in [9.17, 15) is 15.5 Å². The van der Waals surface area contributed by atoms with Gasteiger partial charge in [0.15, 0.2) is 0 Å². The second-order valence-corrected chi connectivity index (χ2v) is 4.76. The van der Waals surface area contributed by atoms with Crippen LogP contribution in [0.5, 0.6) is 0 Å². The largest absolute Gasteiger partial charge is 0.394 e. The number of para-hydroxylation sites is 1. The zero-order valence-electron chi connectivity index (χ0n) is 11.3. The van der Waals surface area contributed by atoms with Crippen LogP contribution in [0.4, 0.5) is 5.82 Å². The molecule has 0 aliphatic carbocycles. The standard InChI is InChI=1S/C15H17N3O2/c1-2-15(9-19,10-20)18-14-7-11(8-16)12-5-3-4-6-13(12)17-14/h3-7,19-20H,2,9-10H2,1H3,(H,17,18). The van der Waals surface area contributed by atoms with Gasteiger partial charge in [0.25, 0.3) is 0 Å². The molecule has 104 valence electrons. The predicted octanol–water partition coefficient (Wildman–Crippen LogP) is 1.65. The molecule has 1 heterocycles. The lowest BCUT2D eigenvalue weighted by Crippen LogP contribution is -2.45. The third-order valence-electron chi connectivity index (χ3n) is 3.51. The fourth-order valence-corrected chi connectivity index (χ4v) is 2.04. The number of benzene rings is 1. The van der Waals surface area contributed by atoms with E-state index in [-0.39, 0.29) is 13.2 Å². The van der Waals surface area contributed by atoms with Crippen molar-refractivity contribution in [3.63, 3.8) is 0 Å². The van der Waals surface area contributed by atoms with E-state index < -0.39 is 5.54 Å². The molecule has 3 N–H and O–H groups in total. The molecule has 0 saturated carbocycles. The van der Waals surface area contributed by atoms with Crippen molar-refractivity contribution in [1.82, 2.24) is 4.98 Å². The van der Waals surface area contributed by atoms with Crippen LogP contribution in [-0.2, 0) is 0 Å². The van der Waals surface area contributed by atoms with Gasteiger partial charge in [-0.1, -0.05) is 25.1 Å². The Morgan fingerprint density at radius 2 is 2.00 bits per heavy atom. The third-order valence-corrected chi connectivity index (χ3v) is 3.51. The molecule has 0 bridgehead atoms. The maximum Gasteiger partial charge on any atom is 0.128 e. The lowest BCUT2D eigenvalue weighted by molar-refractivity contribution is 0.132. The van der Waals surface area contributed by atoms with E-state index >= 15 is 0 Å². The van der Waals surface area contributed by atoms with Gasteiger partial charge >= 0.3 is 0 Å². The van der Waals surface area contributed by atoms with Gasteiger partial charge in [-0.05, 0) is 18.6 Å². The van der Waals surface area contributed by atoms with Crippen LogP contribution < -0.4 is 5.32 Å². The Bertz CT molecular complexity index is 637. The molecular weight excluding hydrogens is 254 g/mol. The zero-order valence-corrected chi connectivity index (χ0v) is 11.3. The van der Waals surface area contributed by atoms with E-state index in [1.54, 1.807) is 6.07 Å². The van der Waals surface area contributed by atoms with Gasteiger partial charge in [0.2, 0.25) is 0 Å². The van der Waals surface area contributed by atoms with Crippen molar-refractivity contribution in [3.05, 3.63) is 35.9 Å². The van der Waals surface area contributed by atoms with E-state index in [2.05, 4.69) is 16.4 Å². The number of nitrogens with one attached hydrogen (secondary N) is 1. The summed E-state index contributed by atoms with van der Waals surface area (Å²) in [5, 5.41) is 32.0.